The summed E-state index contributed by atoms with van der Waals surface area (Å²) in [4.78, 5) is 11.0. The van der Waals surface area contributed by atoms with E-state index in [-0.39, 0.29) is 61.4 Å². The van der Waals surface area contributed by atoms with Gasteiger partial charge in [0.1, 0.15) is 0 Å². The molecule has 0 radical (unpaired) electrons. The van der Waals surface area contributed by atoms with Crippen molar-refractivity contribution in [3.8, 4) is 0 Å². The standard InChI is InChI=1S/C10H17NO.C10H19N.C4H8O.Al.ClH.Li.4H/c1-8(2,3)10-4-9(5-10,6-10)7(11)12;1-8(2,3)10-4-9(5-10,6-10)7-11;1-2-4-5-3-1;;;;;;;/h4-6H2,1-3H3,(H2,11,12);4-7,11H2,1-3H3;1-4H2;;1H;;;;;/q;;;;;+1;;;;-1. The zero-order valence-electron chi connectivity index (χ0n) is 21.7. The van der Waals surface area contributed by atoms with Crippen molar-refractivity contribution in [2.45, 2.75) is 92.9 Å². The maximum Gasteiger partial charge on any atom is 1.00 e. The molecule has 0 atom stereocenters. The van der Waals surface area contributed by atoms with Gasteiger partial charge in [0.25, 0.3) is 0 Å². The number of ether oxygens (including phenoxy) is 1. The Balaban J connectivity index is 0. The summed E-state index contributed by atoms with van der Waals surface area (Å²) in [5, 5.41) is 0. The zero-order valence-corrected chi connectivity index (χ0v) is 21.5. The number of halogens is 1. The van der Waals surface area contributed by atoms with E-state index in [1.54, 1.807) is 0 Å². The molecule has 7 aliphatic rings. The van der Waals surface area contributed by atoms with Crippen molar-refractivity contribution >= 4 is 35.7 Å². The van der Waals surface area contributed by atoms with Gasteiger partial charge >= 0.3 is 18.9 Å². The van der Waals surface area contributed by atoms with Crippen LogP contribution in [0, 0.1) is 32.5 Å². The van der Waals surface area contributed by atoms with E-state index in [4.69, 9.17) is 16.2 Å². The number of hydrogen-bond acceptors (Lipinski definition) is 3. The number of carbonyl (C=O) groups excluding carboxylic acids is 1. The van der Waals surface area contributed by atoms with Crippen molar-refractivity contribution in [2.75, 3.05) is 19.8 Å². The van der Waals surface area contributed by atoms with Gasteiger partial charge in [-0.05, 0) is 85.0 Å². The van der Waals surface area contributed by atoms with Gasteiger partial charge in [0.15, 0.2) is 17.4 Å². The predicted octanol–water partition coefficient (Wildman–Crippen LogP) is 1.00. The van der Waals surface area contributed by atoms with Crippen molar-refractivity contribution in [1.82, 2.24) is 0 Å². The summed E-state index contributed by atoms with van der Waals surface area (Å²) in [7, 11) is 0. The van der Waals surface area contributed by atoms with Gasteiger partial charge in [0.2, 0.25) is 5.91 Å². The summed E-state index contributed by atoms with van der Waals surface area (Å²) < 4.78 is 4.94. The monoisotopic (exact) mass is 466 g/mol. The summed E-state index contributed by atoms with van der Waals surface area (Å²) in [6.45, 7) is 16.8. The molecule has 178 valence electrons. The Hall–Kier alpha value is 0.810. The van der Waals surface area contributed by atoms with Gasteiger partial charge in [-0.1, -0.05) is 41.5 Å². The molecule has 6 aliphatic carbocycles. The molecular formula is C24H49AlClLiN2O2. The molecule has 0 aromatic heterocycles. The quantitative estimate of drug-likeness (QED) is 0.596. The average Bonchev–Trinajstić information content (AvgIpc) is 2.87. The molecule has 1 amide bonds. The average molecular weight is 467 g/mol. The van der Waals surface area contributed by atoms with Crippen LogP contribution in [0.1, 0.15) is 94.3 Å². The molecule has 0 unspecified atom stereocenters. The van der Waals surface area contributed by atoms with E-state index in [9.17, 15) is 4.79 Å². The van der Waals surface area contributed by atoms with Crippen molar-refractivity contribution in [3.05, 3.63) is 0 Å². The van der Waals surface area contributed by atoms with Gasteiger partial charge in [0.05, 0.1) is 5.41 Å². The Bertz CT molecular complexity index is 585. The molecule has 0 aromatic carbocycles. The first kappa shape index (κ1) is 31.8. The van der Waals surface area contributed by atoms with Gasteiger partial charge in [-0.15, -0.1) is 12.4 Å². The molecule has 1 heterocycles. The third kappa shape index (κ3) is 5.40. The topological polar surface area (TPSA) is 78.3 Å². The normalized spacial score (nSPS) is 38.2. The number of primary amides is 1. The summed E-state index contributed by atoms with van der Waals surface area (Å²) in [5.41, 5.74) is 13.6. The van der Waals surface area contributed by atoms with E-state index in [2.05, 4.69) is 41.5 Å². The molecule has 4 N–H and O–H groups in total. The first-order chi connectivity index (χ1) is 12.7. The molecule has 1 saturated heterocycles. The van der Waals surface area contributed by atoms with E-state index in [0.29, 0.717) is 27.1 Å². The summed E-state index contributed by atoms with van der Waals surface area (Å²) >= 11 is 0. The van der Waals surface area contributed by atoms with Crippen LogP contribution < -0.4 is 30.3 Å². The van der Waals surface area contributed by atoms with Crippen molar-refractivity contribution in [1.29, 1.82) is 0 Å². The minimum Gasteiger partial charge on any atom is -1.00 e. The van der Waals surface area contributed by atoms with E-state index in [1.807, 2.05) is 0 Å². The first-order valence-electron chi connectivity index (χ1n) is 11.3. The number of rotatable bonds is 2. The molecule has 7 rings (SSSR count). The number of amides is 1. The Morgan fingerprint density at radius 2 is 1.23 bits per heavy atom. The van der Waals surface area contributed by atoms with Crippen LogP contribution in [0.25, 0.3) is 0 Å². The third-order valence-electron chi connectivity index (χ3n) is 9.14. The molecule has 4 nitrogen and oxygen atoms in total. The Morgan fingerprint density at radius 1 is 0.871 bits per heavy atom. The first-order valence-corrected chi connectivity index (χ1v) is 11.3. The van der Waals surface area contributed by atoms with Crippen LogP contribution in [0.2, 0.25) is 0 Å². The van der Waals surface area contributed by atoms with Gasteiger partial charge < -0.3 is 17.6 Å². The van der Waals surface area contributed by atoms with Crippen molar-refractivity contribution in [2.24, 2.45) is 44.0 Å². The van der Waals surface area contributed by atoms with Gasteiger partial charge in [-0.25, -0.2) is 0 Å². The fourth-order valence-corrected chi connectivity index (χ4v) is 6.37. The minimum absolute atomic E-state index is 0. The molecule has 7 fully saturated rings. The zero-order chi connectivity index (χ0) is 21.1. The number of nitrogens with two attached hydrogens (primary N) is 2. The SMILES string of the molecule is C1CCOC1.CC(C)(C)C12CC(C(N)=O)(C1)C2.CC(C)(C)C12CC(CN)(C1)C2.Cl.[AlH3].[H-].[Li+]. The van der Waals surface area contributed by atoms with Crippen LogP contribution in [0.3, 0.4) is 0 Å². The van der Waals surface area contributed by atoms with Crippen LogP contribution in [0.5, 0.6) is 0 Å². The Morgan fingerprint density at radius 3 is 1.45 bits per heavy atom. The fraction of sp³-hybridized carbons (Fsp3) is 0.958. The van der Waals surface area contributed by atoms with Gasteiger partial charge in [0, 0.05) is 13.2 Å². The molecule has 1 aliphatic heterocycles. The number of hydrogen-bond donors (Lipinski definition) is 2. The van der Waals surface area contributed by atoms with Crippen LogP contribution >= 0.6 is 12.4 Å². The van der Waals surface area contributed by atoms with Gasteiger partial charge in [-0.3, -0.25) is 4.79 Å². The molecule has 4 bridgehead atoms. The Kier molecular flexibility index (Phi) is 10.5. The molecule has 0 spiro atoms. The van der Waals surface area contributed by atoms with Crippen LogP contribution in [-0.2, 0) is 9.53 Å². The largest absolute Gasteiger partial charge is 1.00 e. The fourth-order valence-electron chi connectivity index (χ4n) is 6.37. The number of carbonyl (C=O) groups is 1. The van der Waals surface area contributed by atoms with Crippen molar-refractivity contribution in [3.63, 3.8) is 0 Å². The second kappa shape index (κ2) is 10.2. The smallest absolute Gasteiger partial charge is 1.00 e. The molecular weight excluding hydrogens is 418 g/mol. The minimum atomic E-state index is -0.0761. The molecule has 6 saturated carbocycles. The van der Waals surface area contributed by atoms with E-state index < -0.39 is 0 Å². The summed E-state index contributed by atoms with van der Waals surface area (Å²) in [6.07, 6.45) is 9.89. The molecule has 31 heavy (non-hydrogen) atoms. The summed E-state index contributed by atoms with van der Waals surface area (Å²) in [5.74, 6) is -0.0753. The van der Waals surface area contributed by atoms with Gasteiger partial charge in [-0.2, -0.15) is 0 Å². The van der Waals surface area contributed by atoms with E-state index in [0.717, 1.165) is 39.0 Å². The molecule has 0 aromatic rings. The predicted molar refractivity (Wildman–Crippen MR) is 133 cm³/mol. The second-order valence-corrected chi connectivity index (χ2v) is 12.8. The second-order valence-electron chi connectivity index (χ2n) is 12.8. The van der Waals surface area contributed by atoms with Crippen molar-refractivity contribution < 1.29 is 29.8 Å². The maximum absolute atomic E-state index is 11.0. The Labute approximate surface area is 221 Å². The summed E-state index contributed by atoms with van der Waals surface area (Å²) in [6, 6.07) is 0. The molecule has 7 heteroatoms. The maximum atomic E-state index is 11.0. The van der Waals surface area contributed by atoms with E-state index in [1.165, 1.54) is 32.1 Å². The third-order valence-corrected chi connectivity index (χ3v) is 9.14. The van der Waals surface area contributed by atoms with Crippen LogP contribution in [0.4, 0.5) is 0 Å². The van der Waals surface area contributed by atoms with Crippen LogP contribution in [-0.4, -0.2) is 43.0 Å². The van der Waals surface area contributed by atoms with E-state index >= 15 is 0 Å². The van der Waals surface area contributed by atoms with Crippen LogP contribution in [0.15, 0.2) is 0 Å².